The Kier molecular flexibility index (Phi) is 7.04. The molecule has 2 aromatic carbocycles. The number of rotatable bonds is 4. The number of nitrogens with one attached hydrogen (secondary N) is 2. The van der Waals surface area contributed by atoms with Gasteiger partial charge in [-0.15, -0.1) is 12.4 Å². The minimum absolute atomic E-state index is 0. The summed E-state index contributed by atoms with van der Waals surface area (Å²) in [5.41, 5.74) is 3.45. The Labute approximate surface area is 212 Å². The van der Waals surface area contributed by atoms with Gasteiger partial charge in [0.25, 0.3) is 5.91 Å². The molecule has 184 valence electrons. The lowest BCUT2D eigenvalue weighted by Gasteiger charge is -2.24. The molecule has 0 radical (unpaired) electrons. The fourth-order valence-electron chi connectivity index (χ4n) is 4.60. The molecule has 1 unspecified atom stereocenters. The van der Waals surface area contributed by atoms with Gasteiger partial charge in [0.15, 0.2) is 4.96 Å². The summed E-state index contributed by atoms with van der Waals surface area (Å²) in [5.74, 6) is -0.381. The van der Waals surface area contributed by atoms with Crippen LogP contribution in [0.3, 0.4) is 0 Å². The van der Waals surface area contributed by atoms with E-state index in [4.69, 9.17) is 9.47 Å². The Hall–Kier alpha value is -2.56. The highest BCUT2D eigenvalue weighted by Crippen LogP contribution is 2.32. The highest BCUT2D eigenvalue weighted by Gasteiger charge is 2.20. The number of benzene rings is 2. The van der Waals surface area contributed by atoms with Gasteiger partial charge in [-0.2, -0.15) is 0 Å². The first-order chi connectivity index (χ1) is 16.7. The third kappa shape index (κ3) is 4.79. The largest absolute Gasteiger partial charge is 0.381 e. The standard InChI is InChI=1S/C25H25FN4O3S.ClH/c26-19-11-15(22-13-27-7-10-33-22)1-3-18(19)20-14-30-21-4-2-16(12-23(21)34-25(30)29-20)24(31)28-17-5-8-32-9-6-17;/h1-4,11-12,14,17,22,27H,5-10,13H2,(H,28,31);1H. The second kappa shape index (κ2) is 10.2. The number of amides is 1. The molecule has 0 bridgehead atoms. The number of carbonyl (C=O) groups is 1. The minimum atomic E-state index is -0.311. The Bertz CT molecular complexity index is 1360. The summed E-state index contributed by atoms with van der Waals surface area (Å²) in [5, 5.41) is 6.37. The van der Waals surface area contributed by atoms with Crippen molar-refractivity contribution in [2.75, 3.05) is 32.9 Å². The van der Waals surface area contributed by atoms with E-state index in [9.17, 15) is 9.18 Å². The van der Waals surface area contributed by atoms with Crippen molar-refractivity contribution in [1.82, 2.24) is 20.0 Å². The van der Waals surface area contributed by atoms with Crippen molar-refractivity contribution in [2.24, 2.45) is 0 Å². The van der Waals surface area contributed by atoms with Crippen LogP contribution < -0.4 is 10.6 Å². The van der Waals surface area contributed by atoms with Gasteiger partial charge < -0.3 is 20.1 Å². The number of thiazole rings is 1. The minimum Gasteiger partial charge on any atom is -0.381 e. The van der Waals surface area contributed by atoms with E-state index in [1.807, 2.05) is 34.9 Å². The van der Waals surface area contributed by atoms with Crippen LogP contribution in [0.4, 0.5) is 4.39 Å². The van der Waals surface area contributed by atoms with E-state index in [1.165, 1.54) is 11.3 Å². The molecule has 1 atom stereocenters. The number of ether oxygens (including phenoxy) is 2. The lowest BCUT2D eigenvalue weighted by Crippen LogP contribution is -2.38. The first kappa shape index (κ1) is 24.1. The third-order valence-electron chi connectivity index (χ3n) is 6.48. The molecule has 2 aliphatic rings. The second-order valence-electron chi connectivity index (χ2n) is 8.73. The molecule has 35 heavy (non-hydrogen) atoms. The summed E-state index contributed by atoms with van der Waals surface area (Å²) in [6.07, 6.45) is 3.40. The fraction of sp³-hybridized carbons (Fsp3) is 0.360. The molecule has 4 aromatic rings. The van der Waals surface area contributed by atoms with Crippen LogP contribution in [0.2, 0.25) is 0 Å². The lowest BCUT2D eigenvalue weighted by molar-refractivity contribution is 0.0275. The second-order valence-corrected chi connectivity index (χ2v) is 9.74. The van der Waals surface area contributed by atoms with Crippen molar-refractivity contribution in [3.8, 4) is 11.3 Å². The van der Waals surface area contributed by atoms with E-state index in [0.717, 1.165) is 40.1 Å². The predicted octanol–water partition coefficient (Wildman–Crippen LogP) is 4.35. The van der Waals surface area contributed by atoms with Gasteiger partial charge in [-0.1, -0.05) is 17.4 Å². The zero-order valence-corrected chi connectivity index (χ0v) is 20.6. The summed E-state index contributed by atoms with van der Waals surface area (Å²) < 4.78 is 29.0. The number of hydrogen-bond acceptors (Lipinski definition) is 6. The molecule has 2 N–H and O–H groups in total. The summed E-state index contributed by atoms with van der Waals surface area (Å²) in [6, 6.07) is 11.0. The van der Waals surface area contributed by atoms with E-state index in [0.29, 0.717) is 43.2 Å². The van der Waals surface area contributed by atoms with Gasteiger partial charge >= 0.3 is 0 Å². The summed E-state index contributed by atoms with van der Waals surface area (Å²) in [6.45, 7) is 3.49. The molecule has 0 spiro atoms. The normalized spacial score (nSPS) is 19.1. The lowest BCUT2D eigenvalue weighted by atomic mass is 10.0. The molecule has 10 heteroatoms. The number of imidazole rings is 1. The van der Waals surface area contributed by atoms with Gasteiger partial charge in [-0.05, 0) is 48.7 Å². The van der Waals surface area contributed by atoms with E-state index in [2.05, 4.69) is 15.6 Å². The van der Waals surface area contributed by atoms with Crippen molar-refractivity contribution in [1.29, 1.82) is 0 Å². The Morgan fingerprint density at radius 3 is 2.80 bits per heavy atom. The Morgan fingerprint density at radius 2 is 2.03 bits per heavy atom. The maximum atomic E-state index is 15.0. The van der Waals surface area contributed by atoms with Crippen LogP contribution in [-0.2, 0) is 9.47 Å². The molecular weight excluding hydrogens is 491 g/mol. The quantitative estimate of drug-likeness (QED) is 0.422. The molecule has 4 heterocycles. The SMILES string of the molecule is Cl.O=C(NC1CCOCC1)c1ccc2c(c1)sc1nc(-c3ccc(C4CNCCO4)cc3F)cn12. The number of nitrogens with zero attached hydrogens (tertiary/aromatic N) is 2. The molecule has 1 amide bonds. The third-order valence-corrected chi connectivity index (χ3v) is 7.50. The molecule has 7 nitrogen and oxygen atoms in total. The van der Waals surface area contributed by atoms with Crippen molar-refractivity contribution in [2.45, 2.75) is 25.0 Å². The van der Waals surface area contributed by atoms with Crippen molar-refractivity contribution in [3.05, 3.63) is 59.5 Å². The van der Waals surface area contributed by atoms with Gasteiger partial charge in [0.05, 0.1) is 28.6 Å². The zero-order valence-electron chi connectivity index (χ0n) is 19.0. The number of morpholine rings is 1. The van der Waals surface area contributed by atoms with E-state index in [-0.39, 0.29) is 36.3 Å². The van der Waals surface area contributed by atoms with Crippen LogP contribution in [0.15, 0.2) is 42.6 Å². The van der Waals surface area contributed by atoms with E-state index >= 15 is 0 Å². The Balaban J connectivity index is 0.00000253. The van der Waals surface area contributed by atoms with Crippen LogP contribution in [0.25, 0.3) is 26.4 Å². The van der Waals surface area contributed by atoms with Crippen molar-refractivity contribution in [3.63, 3.8) is 0 Å². The van der Waals surface area contributed by atoms with Gasteiger partial charge in [-0.25, -0.2) is 9.37 Å². The summed E-state index contributed by atoms with van der Waals surface area (Å²) in [4.78, 5) is 18.1. The Morgan fingerprint density at radius 1 is 1.17 bits per heavy atom. The average molecular weight is 517 g/mol. The number of halogens is 2. The topological polar surface area (TPSA) is 76.9 Å². The smallest absolute Gasteiger partial charge is 0.251 e. The van der Waals surface area contributed by atoms with Gasteiger partial charge in [0.2, 0.25) is 0 Å². The fourth-order valence-corrected chi connectivity index (χ4v) is 5.65. The molecule has 0 saturated carbocycles. The monoisotopic (exact) mass is 516 g/mol. The van der Waals surface area contributed by atoms with Gasteiger partial charge in [-0.3, -0.25) is 9.20 Å². The zero-order chi connectivity index (χ0) is 23.1. The summed E-state index contributed by atoms with van der Waals surface area (Å²) in [7, 11) is 0. The molecular formula is C25H26ClFN4O3S. The number of aromatic nitrogens is 2. The van der Waals surface area contributed by atoms with Crippen LogP contribution in [0, 0.1) is 5.82 Å². The predicted molar refractivity (Wildman–Crippen MR) is 136 cm³/mol. The molecule has 2 aliphatic heterocycles. The maximum Gasteiger partial charge on any atom is 0.251 e. The molecule has 2 fully saturated rings. The van der Waals surface area contributed by atoms with Gasteiger partial charge in [0.1, 0.15) is 5.82 Å². The molecule has 0 aliphatic carbocycles. The van der Waals surface area contributed by atoms with Crippen LogP contribution >= 0.6 is 23.7 Å². The van der Waals surface area contributed by atoms with Gasteiger partial charge in [0, 0.05) is 49.7 Å². The maximum absolute atomic E-state index is 15.0. The highest BCUT2D eigenvalue weighted by molar-refractivity contribution is 7.23. The highest BCUT2D eigenvalue weighted by atomic mass is 35.5. The van der Waals surface area contributed by atoms with E-state index in [1.54, 1.807) is 12.1 Å². The average Bonchev–Trinajstić information content (AvgIpc) is 3.42. The number of carbonyl (C=O) groups excluding carboxylic acids is 1. The van der Waals surface area contributed by atoms with E-state index < -0.39 is 0 Å². The molecule has 6 rings (SSSR count). The van der Waals surface area contributed by atoms with Crippen molar-refractivity contribution < 1.29 is 18.7 Å². The van der Waals surface area contributed by atoms with Crippen molar-refractivity contribution >= 4 is 44.8 Å². The van der Waals surface area contributed by atoms with Crippen LogP contribution in [-0.4, -0.2) is 54.2 Å². The number of fused-ring (bicyclic) bond motifs is 3. The molecule has 2 saturated heterocycles. The first-order valence-electron chi connectivity index (χ1n) is 11.6. The summed E-state index contributed by atoms with van der Waals surface area (Å²) >= 11 is 1.49. The molecule has 2 aromatic heterocycles. The number of hydrogen-bond donors (Lipinski definition) is 2. The first-order valence-corrected chi connectivity index (χ1v) is 12.4. The van der Waals surface area contributed by atoms with Crippen LogP contribution in [0.5, 0.6) is 0 Å². The van der Waals surface area contributed by atoms with Crippen LogP contribution in [0.1, 0.15) is 34.9 Å².